The number of benzene rings is 3. The lowest BCUT2D eigenvalue weighted by Gasteiger charge is -2.26. The maximum atomic E-state index is 13.4. The standard InChI is InChI=1S/C28H25Cl2NO5/c1-28(2,3)16-6-12-22(36-4)19(14-16)25(33)23-24(15-5-11-21(32)20(30)13-15)31(27(35)26(23)34)18-9-7-17(29)8-10-18/h5-14,24,32-33H,1-4H3/b25-23+. The van der Waals surface area contributed by atoms with Gasteiger partial charge in [-0.05, 0) is 65.1 Å². The van der Waals surface area contributed by atoms with E-state index in [9.17, 15) is 19.8 Å². The molecule has 0 spiro atoms. The Labute approximate surface area is 219 Å². The van der Waals surface area contributed by atoms with Gasteiger partial charge >= 0.3 is 0 Å². The van der Waals surface area contributed by atoms with Crippen LogP contribution in [0.3, 0.4) is 0 Å². The van der Waals surface area contributed by atoms with E-state index in [0.717, 1.165) is 5.56 Å². The van der Waals surface area contributed by atoms with E-state index in [2.05, 4.69) is 0 Å². The Hall–Kier alpha value is -3.48. The first kappa shape index (κ1) is 25.6. The summed E-state index contributed by atoms with van der Waals surface area (Å²) in [5.41, 5.74) is 1.65. The smallest absolute Gasteiger partial charge is 0.300 e. The summed E-state index contributed by atoms with van der Waals surface area (Å²) in [6.45, 7) is 6.07. The largest absolute Gasteiger partial charge is 0.507 e. The molecule has 1 fully saturated rings. The number of phenolic OH excluding ortho intramolecular Hbond substituents is 1. The lowest BCUT2D eigenvalue weighted by molar-refractivity contribution is -0.132. The Morgan fingerprint density at radius 1 is 0.972 bits per heavy atom. The summed E-state index contributed by atoms with van der Waals surface area (Å²) < 4.78 is 5.48. The number of amides is 1. The van der Waals surface area contributed by atoms with Crippen LogP contribution in [0.1, 0.15) is 43.5 Å². The van der Waals surface area contributed by atoms with Gasteiger partial charge in [0.1, 0.15) is 17.3 Å². The lowest BCUT2D eigenvalue weighted by atomic mass is 9.85. The van der Waals surface area contributed by atoms with Crippen molar-refractivity contribution >= 4 is 46.3 Å². The van der Waals surface area contributed by atoms with Crippen LogP contribution in [0.15, 0.2) is 66.2 Å². The van der Waals surface area contributed by atoms with Gasteiger partial charge in [0.05, 0.1) is 29.3 Å². The Bertz CT molecular complexity index is 1390. The lowest BCUT2D eigenvalue weighted by Crippen LogP contribution is -2.29. The number of hydrogen-bond donors (Lipinski definition) is 2. The quantitative estimate of drug-likeness (QED) is 0.226. The topological polar surface area (TPSA) is 87.1 Å². The molecular weight excluding hydrogens is 501 g/mol. The predicted molar refractivity (Wildman–Crippen MR) is 141 cm³/mol. The van der Waals surface area contributed by atoms with Crippen LogP contribution < -0.4 is 9.64 Å². The summed E-state index contributed by atoms with van der Waals surface area (Å²) in [6, 6.07) is 15.2. The number of rotatable bonds is 4. The number of aliphatic hydroxyl groups is 1. The molecule has 1 aliphatic rings. The highest BCUT2D eigenvalue weighted by Crippen LogP contribution is 2.45. The van der Waals surface area contributed by atoms with Crippen molar-refractivity contribution in [3.8, 4) is 11.5 Å². The second-order valence-corrected chi connectivity index (χ2v) is 10.4. The molecular formula is C28H25Cl2NO5. The molecule has 36 heavy (non-hydrogen) atoms. The molecule has 0 bridgehead atoms. The summed E-state index contributed by atoms with van der Waals surface area (Å²) in [4.78, 5) is 28.1. The molecule has 1 saturated heterocycles. The van der Waals surface area contributed by atoms with Crippen molar-refractivity contribution in [3.63, 3.8) is 0 Å². The van der Waals surface area contributed by atoms with Crippen molar-refractivity contribution in [2.75, 3.05) is 12.0 Å². The third-order valence-electron chi connectivity index (χ3n) is 6.16. The fraction of sp³-hybridized carbons (Fsp3) is 0.214. The van der Waals surface area contributed by atoms with E-state index in [0.29, 0.717) is 22.0 Å². The zero-order chi connectivity index (χ0) is 26.4. The molecule has 186 valence electrons. The number of ketones is 1. The van der Waals surface area contributed by atoms with Crippen LogP contribution in [0.4, 0.5) is 5.69 Å². The van der Waals surface area contributed by atoms with Gasteiger partial charge in [-0.1, -0.05) is 56.1 Å². The van der Waals surface area contributed by atoms with E-state index in [1.807, 2.05) is 26.8 Å². The maximum Gasteiger partial charge on any atom is 0.300 e. The van der Waals surface area contributed by atoms with Crippen molar-refractivity contribution in [1.82, 2.24) is 0 Å². The zero-order valence-electron chi connectivity index (χ0n) is 20.2. The number of methoxy groups -OCH3 is 1. The molecule has 3 aromatic carbocycles. The van der Waals surface area contributed by atoms with Crippen molar-refractivity contribution in [2.24, 2.45) is 0 Å². The van der Waals surface area contributed by atoms with Crippen molar-refractivity contribution in [1.29, 1.82) is 0 Å². The first-order chi connectivity index (χ1) is 16.9. The molecule has 2 N–H and O–H groups in total. The molecule has 8 heteroatoms. The molecule has 1 unspecified atom stereocenters. The summed E-state index contributed by atoms with van der Waals surface area (Å²) in [5.74, 6) is -1.86. The first-order valence-electron chi connectivity index (χ1n) is 11.2. The highest BCUT2D eigenvalue weighted by Gasteiger charge is 2.47. The highest BCUT2D eigenvalue weighted by atomic mass is 35.5. The maximum absolute atomic E-state index is 13.4. The number of carbonyl (C=O) groups is 2. The molecule has 1 amide bonds. The molecule has 1 heterocycles. The minimum Gasteiger partial charge on any atom is -0.507 e. The SMILES string of the molecule is COc1ccc(C(C)(C)C)cc1/C(O)=C1\C(=O)C(=O)N(c2ccc(Cl)cc2)C1c1ccc(O)c(Cl)c1. The van der Waals surface area contributed by atoms with E-state index in [-0.39, 0.29) is 33.1 Å². The number of aliphatic hydroxyl groups excluding tert-OH is 1. The van der Waals surface area contributed by atoms with Crippen molar-refractivity contribution in [3.05, 3.63) is 93.0 Å². The van der Waals surface area contributed by atoms with Crippen LogP contribution in [-0.2, 0) is 15.0 Å². The average Bonchev–Trinajstić information content (AvgIpc) is 3.10. The molecule has 6 nitrogen and oxygen atoms in total. The van der Waals surface area contributed by atoms with Gasteiger partial charge in [-0.3, -0.25) is 14.5 Å². The van der Waals surface area contributed by atoms with Gasteiger partial charge in [-0.15, -0.1) is 0 Å². The summed E-state index contributed by atoms with van der Waals surface area (Å²) in [7, 11) is 1.46. The predicted octanol–water partition coefficient (Wildman–Crippen LogP) is 6.63. The molecule has 3 aromatic rings. The van der Waals surface area contributed by atoms with Crippen LogP contribution in [0.25, 0.3) is 5.76 Å². The number of hydrogen-bond acceptors (Lipinski definition) is 5. The van der Waals surface area contributed by atoms with Gasteiger partial charge in [0.25, 0.3) is 11.7 Å². The van der Waals surface area contributed by atoms with Gasteiger partial charge in [0, 0.05) is 10.7 Å². The van der Waals surface area contributed by atoms with Gasteiger partial charge in [0.2, 0.25) is 0 Å². The minimum absolute atomic E-state index is 0.0431. The molecule has 1 atom stereocenters. The number of Topliss-reactive ketones (excluding diaryl/α,β-unsaturated/α-hetero) is 1. The van der Waals surface area contributed by atoms with Crippen molar-refractivity contribution in [2.45, 2.75) is 32.2 Å². The van der Waals surface area contributed by atoms with Gasteiger partial charge in [0.15, 0.2) is 0 Å². The summed E-state index contributed by atoms with van der Waals surface area (Å²) >= 11 is 12.2. The van der Waals surface area contributed by atoms with Gasteiger partial charge in [-0.2, -0.15) is 0 Å². The van der Waals surface area contributed by atoms with Gasteiger partial charge < -0.3 is 14.9 Å². The Morgan fingerprint density at radius 3 is 2.22 bits per heavy atom. The fourth-order valence-electron chi connectivity index (χ4n) is 4.21. The van der Waals surface area contributed by atoms with E-state index in [4.69, 9.17) is 27.9 Å². The number of carbonyl (C=O) groups excluding carboxylic acids is 2. The highest BCUT2D eigenvalue weighted by molar-refractivity contribution is 6.51. The average molecular weight is 526 g/mol. The monoisotopic (exact) mass is 525 g/mol. The first-order valence-corrected chi connectivity index (χ1v) is 11.9. The molecule has 0 radical (unpaired) electrons. The van der Waals surface area contributed by atoms with Crippen LogP contribution in [-0.4, -0.2) is 29.0 Å². The Kier molecular flexibility index (Phi) is 6.78. The van der Waals surface area contributed by atoms with Crippen LogP contribution in [0.2, 0.25) is 10.0 Å². The number of ether oxygens (including phenoxy) is 1. The third-order valence-corrected chi connectivity index (χ3v) is 6.71. The second-order valence-electron chi connectivity index (χ2n) is 9.52. The minimum atomic E-state index is -1.02. The fourth-order valence-corrected chi connectivity index (χ4v) is 4.53. The van der Waals surface area contributed by atoms with E-state index in [1.54, 1.807) is 42.5 Å². The van der Waals surface area contributed by atoms with E-state index < -0.39 is 17.7 Å². The second kappa shape index (κ2) is 9.52. The Balaban J connectivity index is 2.01. The summed E-state index contributed by atoms with van der Waals surface area (Å²) in [5, 5.41) is 22.0. The van der Waals surface area contributed by atoms with Crippen LogP contribution in [0, 0.1) is 0 Å². The molecule has 0 aliphatic carbocycles. The molecule has 1 aliphatic heterocycles. The van der Waals surface area contributed by atoms with E-state index >= 15 is 0 Å². The number of nitrogens with zero attached hydrogens (tertiary/aromatic N) is 1. The van der Waals surface area contributed by atoms with E-state index in [1.165, 1.54) is 24.1 Å². The number of phenols is 1. The Morgan fingerprint density at radius 2 is 1.64 bits per heavy atom. The molecule has 0 saturated carbocycles. The normalized spacial score (nSPS) is 17.5. The molecule has 4 rings (SSSR count). The van der Waals surface area contributed by atoms with Gasteiger partial charge in [-0.25, -0.2) is 0 Å². The van der Waals surface area contributed by atoms with Crippen LogP contribution >= 0.6 is 23.2 Å². The third kappa shape index (κ3) is 4.54. The number of aromatic hydroxyl groups is 1. The van der Waals surface area contributed by atoms with Crippen LogP contribution in [0.5, 0.6) is 11.5 Å². The summed E-state index contributed by atoms with van der Waals surface area (Å²) in [6.07, 6.45) is 0. The number of halogens is 2. The molecule has 0 aromatic heterocycles. The number of anilines is 1. The zero-order valence-corrected chi connectivity index (χ0v) is 21.7. The van der Waals surface area contributed by atoms with Crippen molar-refractivity contribution < 1.29 is 24.5 Å².